The van der Waals surface area contributed by atoms with Crippen LogP contribution in [0.25, 0.3) is 0 Å². The third kappa shape index (κ3) is 8.88. The van der Waals surface area contributed by atoms with Gasteiger partial charge in [-0.25, -0.2) is 0 Å². The molecule has 0 aliphatic carbocycles. The molecule has 0 aromatic heterocycles. The Kier molecular flexibility index (Phi) is 10.4. The predicted molar refractivity (Wildman–Crippen MR) is 69.4 cm³/mol. The molecule has 0 aromatic carbocycles. The van der Waals surface area contributed by atoms with Gasteiger partial charge in [-0.3, -0.25) is 0 Å². The van der Waals surface area contributed by atoms with E-state index in [1.54, 1.807) is 0 Å². The SMILES string of the molecule is CCCNC(C)CCCN(CC)CCC. The molecule has 0 saturated heterocycles. The molecule has 0 aromatic rings. The zero-order chi connectivity index (χ0) is 11.5. The van der Waals surface area contributed by atoms with E-state index in [9.17, 15) is 0 Å². The van der Waals surface area contributed by atoms with Gasteiger partial charge in [0.15, 0.2) is 0 Å². The summed E-state index contributed by atoms with van der Waals surface area (Å²) >= 11 is 0. The van der Waals surface area contributed by atoms with Crippen LogP contribution in [0.2, 0.25) is 0 Å². The average molecular weight is 214 g/mol. The van der Waals surface area contributed by atoms with Crippen molar-refractivity contribution in [3.05, 3.63) is 0 Å². The lowest BCUT2D eigenvalue weighted by molar-refractivity contribution is 0.277. The highest BCUT2D eigenvalue weighted by atomic mass is 15.1. The van der Waals surface area contributed by atoms with Gasteiger partial charge in [-0.05, 0) is 58.8 Å². The Morgan fingerprint density at radius 2 is 1.80 bits per heavy atom. The fraction of sp³-hybridized carbons (Fsp3) is 1.00. The van der Waals surface area contributed by atoms with Crippen LogP contribution >= 0.6 is 0 Å². The van der Waals surface area contributed by atoms with E-state index in [-0.39, 0.29) is 0 Å². The highest BCUT2D eigenvalue weighted by Gasteiger charge is 2.03. The minimum absolute atomic E-state index is 0.685. The molecule has 0 radical (unpaired) electrons. The average Bonchev–Trinajstić information content (AvgIpc) is 2.25. The first-order valence-electron chi connectivity index (χ1n) is 6.70. The Bertz CT molecular complexity index is 126. The van der Waals surface area contributed by atoms with E-state index >= 15 is 0 Å². The van der Waals surface area contributed by atoms with Crippen molar-refractivity contribution in [2.24, 2.45) is 0 Å². The topological polar surface area (TPSA) is 15.3 Å². The molecule has 0 amide bonds. The lowest BCUT2D eigenvalue weighted by Gasteiger charge is -2.20. The maximum Gasteiger partial charge on any atom is 0.00391 e. The van der Waals surface area contributed by atoms with Crippen LogP contribution < -0.4 is 5.32 Å². The molecule has 0 saturated carbocycles. The first-order chi connectivity index (χ1) is 7.24. The quantitative estimate of drug-likeness (QED) is 0.601. The molecule has 0 rings (SSSR count). The van der Waals surface area contributed by atoms with Crippen molar-refractivity contribution >= 4 is 0 Å². The van der Waals surface area contributed by atoms with Crippen molar-refractivity contribution in [2.45, 2.75) is 59.4 Å². The van der Waals surface area contributed by atoms with Crippen LogP contribution in [0.3, 0.4) is 0 Å². The Morgan fingerprint density at radius 3 is 2.33 bits per heavy atom. The molecule has 2 nitrogen and oxygen atoms in total. The lowest BCUT2D eigenvalue weighted by atomic mass is 10.1. The largest absolute Gasteiger partial charge is 0.314 e. The Labute approximate surface area is 96.4 Å². The fourth-order valence-corrected chi connectivity index (χ4v) is 1.86. The highest BCUT2D eigenvalue weighted by Crippen LogP contribution is 2.00. The van der Waals surface area contributed by atoms with Crippen LogP contribution in [0.5, 0.6) is 0 Å². The van der Waals surface area contributed by atoms with Gasteiger partial charge in [0.1, 0.15) is 0 Å². The zero-order valence-corrected chi connectivity index (χ0v) is 11.2. The highest BCUT2D eigenvalue weighted by molar-refractivity contribution is 4.62. The number of hydrogen-bond donors (Lipinski definition) is 1. The van der Waals surface area contributed by atoms with Gasteiger partial charge in [-0.1, -0.05) is 20.8 Å². The minimum atomic E-state index is 0.685. The Morgan fingerprint density at radius 1 is 1.07 bits per heavy atom. The molecule has 0 heterocycles. The van der Waals surface area contributed by atoms with Gasteiger partial charge in [-0.2, -0.15) is 0 Å². The normalized spacial score (nSPS) is 13.4. The molecule has 0 aliphatic rings. The van der Waals surface area contributed by atoms with E-state index in [4.69, 9.17) is 0 Å². The van der Waals surface area contributed by atoms with Crippen LogP contribution in [0.1, 0.15) is 53.4 Å². The van der Waals surface area contributed by atoms with Crippen molar-refractivity contribution in [1.82, 2.24) is 10.2 Å². The number of hydrogen-bond acceptors (Lipinski definition) is 2. The van der Waals surface area contributed by atoms with E-state index < -0.39 is 0 Å². The molecule has 2 heteroatoms. The first-order valence-corrected chi connectivity index (χ1v) is 6.70. The van der Waals surface area contributed by atoms with Crippen LogP contribution in [0, 0.1) is 0 Å². The van der Waals surface area contributed by atoms with E-state index in [1.807, 2.05) is 0 Å². The van der Waals surface area contributed by atoms with Crippen LogP contribution in [0.15, 0.2) is 0 Å². The molecule has 0 fully saturated rings. The summed E-state index contributed by atoms with van der Waals surface area (Å²) in [6.07, 6.45) is 5.14. The number of nitrogens with one attached hydrogen (secondary N) is 1. The molecular formula is C13H30N2. The maximum absolute atomic E-state index is 3.54. The second kappa shape index (κ2) is 10.4. The van der Waals surface area contributed by atoms with Crippen LogP contribution in [-0.4, -0.2) is 37.1 Å². The number of nitrogens with zero attached hydrogens (tertiary/aromatic N) is 1. The summed E-state index contributed by atoms with van der Waals surface area (Å²) in [5.41, 5.74) is 0. The fourth-order valence-electron chi connectivity index (χ4n) is 1.86. The Hall–Kier alpha value is -0.0800. The van der Waals surface area contributed by atoms with Crippen molar-refractivity contribution < 1.29 is 0 Å². The van der Waals surface area contributed by atoms with Gasteiger partial charge in [0.05, 0.1) is 0 Å². The second-order valence-corrected chi connectivity index (χ2v) is 4.43. The van der Waals surface area contributed by atoms with Gasteiger partial charge in [0.2, 0.25) is 0 Å². The van der Waals surface area contributed by atoms with E-state index in [1.165, 1.54) is 45.3 Å². The standard InChI is InChI=1S/C13H30N2/c1-5-10-14-13(4)9-8-12-15(7-3)11-6-2/h13-14H,5-12H2,1-4H3. The van der Waals surface area contributed by atoms with Crippen molar-refractivity contribution in [1.29, 1.82) is 0 Å². The lowest BCUT2D eigenvalue weighted by Crippen LogP contribution is -2.29. The molecule has 92 valence electrons. The van der Waals surface area contributed by atoms with Crippen LogP contribution in [-0.2, 0) is 0 Å². The van der Waals surface area contributed by atoms with Crippen molar-refractivity contribution in [3.8, 4) is 0 Å². The molecule has 1 N–H and O–H groups in total. The van der Waals surface area contributed by atoms with Crippen molar-refractivity contribution in [2.75, 3.05) is 26.2 Å². The number of rotatable bonds is 10. The zero-order valence-electron chi connectivity index (χ0n) is 11.2. The summed E-state index contributed by atoms with van der Waals surface area (Å²) in [7, 11) is 0. The smallest absolute Gasteiger partial charge is 0.00391 e. The Balaban J connectivity index is 3.41. The molecule has 0 spiro atoms. The third-order valence-corrected chi connectivity index (χ3v) is 2.84. The van der Waals surface area contributed by atoms with Gasteiger partial charge in [0, 0.05) is 6.04 Å². The van der Waals surface area contributed by atoms with Gasteiger partial charge >= 0.3 is 0 Å². The van der Waals surface area contributed by atoms with Gasteiger partial charge in [0.25, 0.3) is 0 Å². The summed E-state index contributed by atoms with van der Waals surface area (Å²) in [5, 5.41) is 3.54. The first kappa shape index (κ1) is 14.9. The molecular weight excluding hydrogens is 184 g/mol. The predicted octanol–water partition coefficient (Wildman–Crippen LogP) is 2.89. The molecule has 1 atom stereocenters. The van der Waals surface area contributed by atoms with E-state index in [0.29, 0.717) is 6.04 Å². The molecule has 0 bridgehead atoms. The molecule has 1 unspecified atom stereocenters. The monoisotopic (exact) mass is 214 g/mol. The van der Waals surface area contributed by atoms with Crippen molar-refractivity contribution in [3.63, 3.8) is 0 Å². The summed E-state index contributed by atoms with van der Waals surface area (Å²) in [6.45, 7) is 13.9. The van der Waals surface area contributed by atoms with Gasteiger partial charge < -0.3 is 10.2 Å². The van der Waals surface area contributed by atoms with E-state index in [0.717, 1.165) is 6.54 Å². The molecule has 15 heavy (non-hydrogen) atoms. The van der Waals surface area contributed by atoms with Crippen LogP contribution in [0.4, 0.5) is 0 Å². The van der Waals surface area contributed by atoms with E-state index in [2.05, 4.69) is 37.9 Å². The summed E-state index contributed by atoms with van der Waals surface area (Å²) in [6, 6.07) is 0.685. The summed E-state index contributed by atoms with van der Waals surface area (Å²) in [4.78, 5) is 2.55. The summed E-state index contributed by atoms with van der Waals surface area (Å²) in [5.74, 6) is 0. The van der Waals surface area contributed by atoms with Gasteiger partial charge in [-0.15, -0.1) is 0 Å². The minimum Gasteiger partial charge on any atom is -0.314 e. The maximum atomic E-state index is 3.54. The summed E-state index contributed by atoms with van der Waals surface area (Å²) < 4.78 is 0. The second-order valence-electron chi connectivity index (χ2n) is 4.43. The molecule has 0 aliphatic heterocycles. The third-order valence-electron chi connectivity index (χ3n) is 2.84.